The third-order valence-electron chi connectivity index (χ3n) is 4.05. The molecule has 120 valence electrons. The Bertz CT molecular complexity index is 720. The minimum atomic E-state index is -0.480. The molecular weight excluding hydrogens is 317 g/mol. The van der Waals surface area contributed by atoms with Crippen LogP contribution in [0.4, 0.5) is 9.52 Å². The lowest BCUT2D eigenvalue weighted by Gasteiger charge is -2.38. The number of nitrogens with one attached hydrogen (secondary N) is 1. The number of carbonyl (C=O) groups is 2. The molecule has 2 atom stereocenters. The van der Waals surface area contributed by atoms with Crippen LogP contribution in [0, 0.1) is 11.7 Å². The van der Waals surface area contributed by atoms with Gasteiger partial charge in [0.15, 0.2) is 5.13 Å². The largest absolute Gasteiger partial charge is 0.338 e. The van der Waals surface area contributed by atoms with Gasteiger partial charge >= 0.3 is 0 Å². The molecule has 1 aromatic carbocycles. The van der Waals surface area contributed by atoms with Crippen molar-refractivity contribution < 1.29 is 14.0 Å². The highest BCUT2D eigenvalue weighted by Crippen LogP contribution is 2.36. The SMILES string of the molecule is CN1C(=O)CC[C@@H](C(=O)Nc2nccs2)[C@@H]1c1cccc(F)c1. The Kier molecular flexibility index (Phi) is 4.38. The van der Waals surface area contributed by atoms with Crippen molar-refractivity contribution in [2.45, 2.75) is 18.9 Å². The van der Waals surface area contributed by atoms with E-state index in [4.69, 9.17) is 0 Å². The minimum Gasteiger partial charge on any atom is -0.338 e. The van der Waals surface area contributed by atoms with Crippen LogP contribution in [0.25, 0.3) is 0 Å². The van der Waals surface area contributed by atoms with Crippen LogP contribution in [0.5, 0.6) is 0 Å². The Morgan fingerprint density at radius 1 is 1.48 bits per heavy atom. The average Bonchev–Trinajstić information content (AvgIpc) is 3.02. The number of hydrogen-bond donors (Lipinski definition) is 1. The summed E-state index contributed by atoms with van der Waals surface area (Å²) >= 11 is 1.33. The van der Waals surface area contributed by atoms with E-state index in [0.29, 0.717) is 23.5 Å². The number of thiazole rings is 1. The maximum atomic E-state index is 13.6. The van der Waals surface area contributed by atoms with Crippen molar-refractivity contribution in [3.63, 3.8) is 0 Å². The molecular formula is C16H16FN3O2S. The molecule has 1 saturated heterocycles. The maximum absolute atomic E-state index is 13.6. The van der Waals surface area contributed by atoms with Gasteiger partial charge in [-0.15, -0.1) is 11.3 Å². The molecule has 0 saturated carbocycles. The number of carbonyl (C=O) groups excluding carboxylic acids is 2. The Morgan fingerprint density at radius 2 is 2.30 bits per heavy atom. The number of piperidine rings is 1. The van der Waals surface area contributed by atoms with Gasteiger partial charge in [-0.3, -0.25) is 9.59 Å². The Balaban J connectivity index is 1.89. The molecule has 1 aromatic heterocycles. The van der Waals surface area contributed by atoms with Gasteiger partial charge in [-0.1, -0.05) is 12.1 Å². The average molecular weight is 333 g/mol. The molecule has 5 nitrogen and oxygen atoms in total. The summed E-state index contributed by atoms with van der Waals surface area (Å²) in [4.78, 5) is 30.2. The molecule has 0 bridgehead atoms. The van der Waals surface area contributed by atoms with Gasteiger partial charge in [-0.05, 0) is 24.1 Å². The Labute approximate surface area is 137 Å². The zero-order valence-electron chi connectivity index (χ0n) is 12.5. The van der Waals surface area contributed by atoms with Gasteiger partial charge in [0, 0.05) is 25.0 Å². The van der Waals surface area contributed by atoms with Crippen LogP contribution in [0.15, 0.2) is 35.8 Å². The normalized spacial score (nSPS) is 21.3. The minimum absolute atomic E-state index is 0.0439. The van der Waals surface area contributed by atoms with Gasteiger partial charge in [-0.2, -0.15) is 0 Å². The van der Waals surface area contributed by atoms with Gasteiger partial charge in [0.1, 0.15) is 5.82 Å². The van der Waals surface area contributed by atoms with Crippen molar-refractivity contribution in [1.82, 2.24) is 9.88 Å². The highest BCUT2D eigenvalue weighted by Gasteiger charge is 2.39. The fourth-order valence-electron chi connectivity index (χ4n) is 2.94. The van der Waals surface area contributed by atoms with E-state index >= 15 is 0 Å². The first-order valence-corrected chi connectivity index (χ1v) is 8.15. The third kappa shape index (κ3) is 3.24. The molecule has 1 aliphatic heterocycles. The molecule has 1 N–H and O–H groups in total. The fraction of sp³-hybridized carbons (Fsp3) is 0.312. The Morgan fingerprint density at radius 3 is 3.00 bits per heavy atom. The van der Waals surface area contributed by atoms with Crippen LogP contribution < -0.4 is 5.32 Å². The van der Waals surface area contributed by atoms with Gasteiger partial charge < -0.3 is 10.2 Å². The third-order valence-corrected chi connectivity index (χ3v) is 4.74. The first-order valence-electron chi connectivity index (χ1n) is 7.28. The van der Waals surface area contributed by atoms with E-state index in [1.165, 1.54) is 28.4 Å². The topological polar surface area (TPSA) is 62.3 Å². The van der Waals surface area contributed by atoms with E-state index in [-0.39, 0.29) is 17.6 Å². The van der Waals surface area contributed by atoms with Crippen LogP contribution in [-0.4, -0.2) is 28.7 Å². The monoisotopic (exact) mass is 333 g/mol. The highest BCUT2D eigenvalue weighted by atomic mass is 32.1. The lowest BCUT2D eigenvalue weighted by Crippen LogP contribution is -2.44. The number of amides is 2. The van der Waals surface area contributed by atoms with Gasteiger partial charge in [-0.25, -0.2) is 9.37 Å². The molecule has 1 aliphatic rings. The number of rotatable bonds is 3. The van der Waals surface area contributed by atoms with Crippen molar-refractivity contribution in [2.75, 3.05) is 12.4 Å². The van der Waals surface area contributed by atoms with E-state index in [9.17, 15) is 14.0 Å². The van der Waals surface area contributed by atoms with Gasteiger partial charge in [0.25, 0.3) is 0 Å². The molecule has 23 heavy (non-hydrogen) atoms. The lowest BCUT2D eigenvalue weighted by molar-refractivity contribution is -0.140. The quantitative estimate of drug-likeness (QED) is 0.939. The molecule has 0 spiro atoms. The number of benzene rings is 1. The van der Waals surface area contributed by atoms with Crippen LogP contribution in [0.2, 0.25) is 0 Å². The molecule has 0 aliphatic carbocycles. The van der Waals surface area contributed by atoms with Crippen LogP contribution >= 0.6 is 11.3 Å². The van der Waals surface area contributed by atoms with Crippen molar-refractivity contribution in [1.29, 1.82) is 0 Å². The lowest BCUT2D eigenvalue weighted by atomic mass is 9.84. The summed E-state index contributed by atoms with van der Waals surface area (Å²) in [5.41, 5.74) is 0.625. The number of halogens is 1. The van der Waals surface area contributed by atoms with Crippen molar-refractivity contribution >= 4 is 28.3 Å². The summed E-state index contributed by atoms with van der Waals surface area (Å²) in [5.74, 6) is -1.07. The van der Waals surface area contributed by atoms with Crippen LogP contribution in [0.1, 0.15) is 24.4 Å². The molecule has 0 radical (unpaired) electrons. The summed E-state index contributed by atoms with van der Waals surface area (Å²) in [6, 6.07) is 5.58. The number of likely N-dealkylation sites (tertiary alicyclic amines) is 1. The van der Waals surface area contributed by atoms with Crippen LogP contribution in [0.3, 0.4) is 0 Å². The first kappa shape index (κ1) is 15.6. The summed E-state index contributed by atoms with van der Waals surface area (Å²) < 4.78 is 13.6. The zero-order valence-corrected chi connectivity index (χ0v) is 13.3. The first-order chi connectivity index (χ1) is 11.1. The molecule has 2 heterocycles. The molecule has 3 rings (SSSR count). The Hall–Kier alpha value is -2.28. The van der Waals surface area contributed by atoms with E-state index in [1.54, 1.807) is 30.8 Å². The molecule has 0 unspecified atom stereocenters. The van der Waals surface area contributed by atoms with E-state index < -0.39 is 12.0 Å². The number of nitrogens with zero attached hydrogens (tertiary/aromatic N) is 2. The van der Waals surface area contributed by atoms with Gasteiger partial charge in [0.2, 0.25) is 11.8 Å². The summed E-state index contributed by atoms with van der Waals surface area (Å²) in [6.07, 6.45) is 2.35. The highest BCUT2D eigenvalue weighted by molar-refractivity contribution is 7.13. The molecule has 2 aromatic rings. The summed E-state index contributed by atoms with van der Waals surface area (Å²) in [5, 5.41) is 5.07. The standard InChI is InChI=1S/C16H16FN3O2S/c1-20-13(21)6-5-12(15(22)19-16-18-7-8-23-16)14(20)10-3-2-4-11(17)9-10/h2-4,7-9,12,14H,5-6H2,1H3,(H,18,19,22)/t12-,14+/m1/s1. The predicted molar refractivity (Wildman–Crippen MR) is 85.4 cm³/mol. The van der Waals surface area contributed by atoms with Crippen molar-refractivity contribution in [3.05, 3.63) is 47.2 Å². The van der Waals surface area contributed by atoms with E-state index in [0.717, 1.165) is 0 Å². The second-order valence-corrected chi connectivity index (χ2v) is 6.37. The van der Waals surface area contributed by atoms with Gasteiger partial charge in [0.05, 0.1) is 12.0 Å². The zero-order chi connectivity index (χ0) is 16.4. The summed E-state index contributed by atoms with van der Waals surface area (Å²) in [7, 11) is 1.65. The smallest absolute Gasteiger partial charge is 0.231 e. The maximum Gasteiger partial charge on any atom is 0.231 e. The second-order valence-electron chi connectivity index (χ2n) is 5.48. The van der Waals surface area contributed by atoms with Crippen molar-refractivity contribution in [3.8, 4) is 0 Å². The fourth-order valence-corrected chi connectivity index (χ4v) is 3.47. The number of hydrogen-bond acceptors (Lipinski definition) is 4. The molecule has 7 heteroatoms. The van der Waals surface area contributed by atoms with Crippen LogP contribution in [-0.2, 0) is 9.59 Å². The second kappa shape index (κ2) is 6.45. The molecule has 1 fully saturated rings. The number of aromatic nitrogens is 1. The predicted octanol–water partition coefficient (Wildman–Crippen LogP) is 2.83. The molecule has 2 amide bonds. The van der Waals surface area contributed by atoms with E-state index in [1.807, 2.05) is 0 Å². The number of anilines is 1. The van der Waals surface area contributed by atoms with Crippen molar-refractivity contribution in [2.24, 2.45) is 5.92 Å². The van der Waals surface area contributed by atoms with E-state index in [2.05, 4.69) is 10.3 Å². The summed E-state index contributed by atoms with van der Waals surface area (Å²) in [6.45, 7) is 0.